The van der Waals surface area contributed by atoms with Crippen molar-refractivity contribution in [3.05, 3.63) is 46.4 Å². The number of nitrogens with one attached hydrogen (secondary N) is 6. The van der Waals surface area contributed by atoms with E-state index in [1.165, 1.54) is 42.2 Å². The third-order valence-corrected chi connectivity index (χ3v) is 13.8. The summed E-state index contributed by atoms with van der Waals surface area (Å²) in [4.78, 5) is 126. The molecule has 0 radical (unpaired) electrons. The number of rotatable bonds is 28. The van der Waals surface area contributed by atoms with Gasteiger partial charge >= 0.3 is 6.09 Å². The number of thiazole rings is 1. The minimum absolute atomic E-state index is 0.0367. The van der Waals surface area contributed by atoms with Crippen LogP contribution in [0.4, 0.5) is 10.5 Å². The van der Waals surface area contributed by atoms with E-state index in [2.05, 4.69) is 36.9 Å². The lowest BCUT2D eigenvalue weighted by Gasteiger charge is -2.39. The smallest absolute Gasteiger partial charge is 0.410 e. The molecular weight excluding hydrogens is 965 g/mol. The monoisotopic (exact) mass is 1040 g/mol. The maximum atomic E-state index is 14.1. The Labute approximate surface area is 433 Å². The van der Waals surface area contributed by atoms with E-state index in [1.807, 2.05) is 19.2 Å². The van der Waals surface area contributed by atoms with E-state index < -0.39 is 84.3 Å². The number of carbonyl (C=O) groups excluding carboxylic acids is 9. The summed E-state index contributed by atoms with van der Waals surface area (Å²) in [5.41, 5.74) is 0.976. The lowest BCUT2D eigenvalue weighted by molar-refractivity contribution is -0.146. The second-order valence-electron chi connectivity index (χ2n) is 19.0. The number of hydrogen-bond donors (Lipinski definition) is 6. The zero-order chi connectivity index (χ0) is 54.5. The first-order valence-electron chi connectivity index (χ1n) is 24.7. The maximum Gasteiger partial charge on any atom is 0.410 e. The first-order chi connectivity index (χ1) is 34.5. The van der Waals surface area contributed by atoms with Gasteiger partial charge in [-0.05, 0) is 48.3 Å². The molecule has 1 fully saturated rings. The molecule has 22 nitrogen and oxygen atoms in total. The van der Waals surface area contributed by atoms with E-state index in [-0.39, 0.29) is 61.7 Å². The van der Waals surface area contributed by atoms with Crippen molar-refractivity contribution in [3.8, 4) is 0 Å². The second-order valence-corrected chi connectivity index (χ2v) is 20.0. The molecule has 3 rings (SSSR count). The Kier molecular flexibility index (Phi) is 25.2. The van der Waals surface area contributed by atoms with Crippen molar-refractivity contribution >= 4 is 70.4 Å². The van der Waals surface area contributed by atoms with Crippen molar-refractivity contribution in [2.75, 3.05) is 59.8 Å². The minimum atomic E-state index is -1.01. The standard InChI is InChI=1S/C50H78N10O12S/c1-13-31(6)45(37(70-11)23-41(64)60-21-14-15-36(60)46(71-12)32(7)47(66)54-26-40-51-20-22-73-40)58(9)42(65)27-55-49(68)44(30(4)5)59(10)50(69)72-28-34-16-18-35(19-17-34)56-38(62)25-53-48(67)43(29(2)3)57-39(63)24-52-33(8)61/h16-20,22,29-32,36-37,43-46H,13-15,21,23-28H2,1-12H3,(H,52,61)(H,53,67)(H,54,66)(H,55,68)(H,56,62)(H,57,63)/t31-,32+,36-,37+,43?,44?,45-,46+/m0/s1. The maximum absolute atomic E-state index is 14.1. The van der Waals surface area contributed by atoms with Crippen LogP contribution in [0.25, 0.3) is 0 Å². The first kappa shape index (κ1) is 61.1. The zero-order valence-corrected chi connectivity index (χ0v) is 45.2. The van der Waals surface area contributed by atoms with Gasteiger partial charge in [-0.15, -0.1) is 11.3 Å². The van der Waals surface area contributed by atoms with Crippen molar-refractivity contribution < 1.29 is 57.4 Å². The van der Waals surface area contributed by atoms with Gasteiger partial charge in [0.1, 0.15) is 23.7 Å². The fourth-order valence-corrected chi connectivity index (χ4v) is 9.35. The van der Waals surface area contributed by atoms with Crippen LogP contribution < -0.4 is 31.9 Å². The van der Waals surface area contributed by atoms with Gasteiger partial charge in [0.05, 0.1) is 62.8 Å². The molecule has 9 amide bonds. The van der Waals surface area contributed by atoms with Crippen molar-refractivity contribution in [2.45, 2.75) is 131 Å². The van der Waals surface area contributed by atoms with Crippen LogP contribution in [0, 0.1) is 23.7 Å². The van der Waals surface area contributed by atoms with Crippen molar-refractivity contribution in [1.29, 1.82) is 0 Å². The van der Waals surface area contributed by atoms with Crippen molar-refractivity contribution in [1.82, 2.24) is 46.3 Å². The molecule has 2 unspecified atom stereocenters. The number of likely N-dealkylation sites (tertiary alicyclic amines) is 1. The zero-order valence-electron chi connectivity index (χ0n) is 44.4. The summed E-state index contributed by atoms with van der Waals surface area (Å²) in [5, 5.41) is 18.3. The second kappa shape index (κ2) is 30.1. The molecule has 23 heteroatoms. The van der Waals surface area contributed by atoms with E-state index in [0.717, 1.165) is 11.4 Å². The normalized spacial score (nSPS) is 16.2. The molecule has 1 aliphatic rings. The van der Waals surface area contributed by atoms with Gasteiger partial charge in [-0.3, -0.25) is 43.3 Å². The van der Waals surface area contributed by atoms with E-state index in [4.69, 9.17) is 14.2 Å². The van der Waals surface area contributed by atoms with Gasteiger partial charge in [0, 0.05) is 59.0 Å². The summed E-state index contributed by atoms with van der Waals surface area (Å²) >= 11 is 1.45. The highest BCUT2D eigenvalue weighted by molar-refractivity contribution is 7.09. The van der Waals surface area contributed by atoms with Crippen LogP contribution in [-0.4, -0.2) is 164 Å². The Morgan fingerprint density at radius 3 is 2.04 bits per heavy atom. The summed E-state index contributed by atoms with van der Waals surface area (Å²) in [5.74, 6) is -4.79. The van der Waals surface area contributed by atoms with Crippen molar-refractivity contribution in [3.63, 3.8) is 0 Å². The van der Waals surface area contributed by atoms with Gasteiger partial charge in [-0.1, -0.05) is 67.0 Å². The van der Waals surface area contributed by atoms with E-state index in [9.17, 15) is 43.2 Å². The average Bonchev–Trinajstić information content (AvgIpc) is 4.08. The Morgan fingerprint density at radius 1 is 0.808 bits per heavy atom. The highest BCUT2D eigenvalue weighted by Crippen LogP contribution is 2.29. The van der Waals surface area contributed by atoms with E-state index in [0.29, 0.717) is 37.2 Å². The van der Waals surface area contributed by atoms with E-state index in [1.54, 1.807) is 84.1 Å². The fraction of sp³-hybridized carbons (Fsp3) is 0.640. The molecule has 1 aromatic heterocycles. The van der Waals surface area contributed by atoms with Crippen LogP contribution in [0.15, 0.2) is 35.8 Å². The van der Waals surface area contributed by atoms with Crippen LogP contribution >= 0.6 is 11.3 Å². The van der Waals surface area contributed by atoms with Gasteiger partial charge in [0.15, 0.2) is 0 Å². The Balaban J connectivity index is 1.55. The molecule has 2 heterocycles. The molecular formula is C50H78N10O12S. The summed E-state index contributed by atoms with van der Waals surface area (Å²) in [7, 11) is 6.09. The van der Waals surface area contributed by atoms with Gasteiger partial charge in [-0.2, -0.15) is 0 Å². The highest BCUT2D eigenvalue weighted by atomic mass is 32.1. The molecule has 6 N–H and O–H groups in total. The van der Waals surface area contributed by atoms with Gasteiger partial charge < -0.3 is 55.9 Å². The summed E-state index contributed by atoms with van der Waals surface area (Å²) in [6, 6.07) is 3.58. The first-order valence-corrected chi connectivity index (χ1v) is 25.6. The topological polar surface area (TPSA) is 276 Å². The lowest BCUT2D eigenvalue weighted by Crippen LogP contribution is -2.55. The summed E-state index contributed by atoms with van der Waals surface area (Å²) < 4.78 is 17.4. The number of likely N-dealkylation sites (N-methyl/N-ethyl adjacent to an activating group) is 2. The number of aromatic nitrogens is 1. The summed E-state index contributed by atoms with van der Waals surface area (Å²) in [6.07, 6.45) is 1.63. The van der Waals surface area contributed by atoms with E-state index >= 15 is 0 Å². The van der Waals surface area contributed by atoms with Crippen LogP contribution in [-0.2, 0) is 65.7 Å². The van der Waals surface area contributed by atoms with Gasteiger partial charge in [0.25, 0.3) is 0 Å². The SMILES string of the molecule is CC[C@H](C)[C@@H]([C@@H](CC(=O)N1CCC[C@H]1[C@H](OC)[C@@H](C)C(=O)NCc1nccs1)OC)N(C)C(=O)CNC(=O)C(C(C)C)N(C)C(=O)OCc1ccc(NC(=O)CNC(=O)C(NC(=O)CNC(C)=O)C(C)C)cc1. The fourth-order valence-electron chi connectivity index (χ4n) is 8.80. The molecule has 406 valence electrons. The van der Waals surface area contributed by atoms with Crippen LogP contribution in [0.3, 0.4) is 0 Å². The predicted molar refractivity (Wildman–Crippen MR) is 273 cm³/mol. The average molecular weight is 1040 g/mol. The number of ether oxygens (including phenoxy) is 3. The lowest BCUT2D eigenvalue weighted by atomic mass is 9.90. The molecule has 0 spiro atoms. The number of carbonyl (C=O) groups is 9. The Hall–Kier alpha value is -6.20. The third-order valence-electron chi connectivity index (χ3n) is 13.0. The summed E-state index contributed by atoms with van der Waals surface area (Å²) in [6.45, 7) is 13.5. The van der Waals surface area contributed by atoms with Crippen LogP contribution in [0.2, 0.25) is 0 Å². The molecule has 0 aliphatic carbocycles. The highest BCUT2D eigenvalue weighted by Gasteiger charge is 2.42. The Bertz CT molecular complexity index is 2160. The molecule has 1 aliphatic heterocycles. The van der Waals surface area contributed by atoms with Crippen LogP contribution in [0.5, 0.6) is 0 Å². The number of benzene rings is 1. The number of amides is 9. The predicted octanol–water partition coefficient (Wildman–Crippen LogP) is 2.42. The molecule has 8 atom stereocenters. The molecule has 73 heavy (non-hydrogen) atoms. The molecule has 2 aromatic rings. The van der Waals surface area contributed by atoms with Crippen LogP contribution in [0.1, 0.15) is 91.6 Å². The number of nitrogens with zero attached hydrogens (tertiary/aromatic N) is 4. The molecule has 1 saturated heterocycles. The third kappa shape index (κ3) is 18.7. The number of anilines is 1. The van der Waals surface area contributed by atoms with Crippen molar-refractivity contribution in [2.24, 2.45) is 23.7 Å². The molecule has 0 saturated carbocycles. The largest absolute Gasteiger partial charge is 0.445 e. The molecule has 1 aromatic carbocycles. The number of methoxy groups -OCH3 is 2. The number of hydrogen-bond acceptors (Lipinski definition) is 14. The van der Waals surface area contributed by atoms with Gasteiger partial charge in [-0.25, -0.2) is 9.78 Å². The minimum Gasteiger partial charge on any atom is -0.445 e. The Morgan fingerprint density at radius 2 is 1.47 bits per heavy atom. The molecule has 0 bridgehead atoms. The van der Waals surface area contributed by atoms with Gasteiger partial charge in [0.2, 0.25) is 47.3 Å². The quantitative estimate of drug-likeness (QED) is 0.0716.